The van der Waals surface area contributed by atoms with Crippen molar-refractivity contribution in [3.8, 4) is 0 Å². The van der Waals surface area contributed by atoms with E-state index in [-0.39, 0.29) is 0 Å². The van der Waals surface area contributed by atoms with E-state index < -0.39 is 11.9 Å². The fourth-order valence-corrected chi connectivity index (χ4v) is 2.35. The van der Waals surface area contributed by atoms with E-state index >= 15 is 0 Å². The van der Waals surface area contributed by atoms with Crippen molar-refractivity contribution in [1.29, 1.82) is 0 Å². The molecule has 1 heterocycles. The van der Waals surface area contributed by atoms with Crippen molar-refractivity contribution in [3.63, 3.8) is 0 Å². The van der Waals surface area contributed by atoms with Crippen LogP contribution in [0.15, 0.2) is 24.4 Å². The molecule has 1 N–H and O–H groups in total. The lowest BCUT2D eigenvalue weighted by Gasteiger charge is -2.09. The van der Waals surface area contributed by atoms with Gasteiger partial charge in [0.25, 0.3) is 0 Å². The van der Waals surface area contributed by atoms with Gasteiger partial charge in [0, 0.05) is 23.6 Å². The van der Waals surface area contributed by atoms with Crippen molar-refractivity contribution in [3.05, 3.63) is 35.5 Å². The molecule has 0 amide bonds. The molecule has 0 saturated heterocycles. The molecule has 1 atom stereocenters. The summed E-state index contributed by atoms with van der Waals surface area (Å²) in [5, 5.41) is 10.2. The quantitative estimate of drug-likeness (QED) is 0.881. The Kier molecular flexibility index (Phi) is 2.92. The van der Waals surface area contributed by atoms with E-state index in [4.69, 9.17) is 5.11 Å². The first-order chi connectivity index (χ1) is 8.06. The van der Waals surface area contributed by atoms with Crippen molar-refractivity contribution < 1.29 is 9.90 Å². The number of nitrogens with zero attached hydrogens (tertiary/aromatic N) is 1. The van der Waals surface area contributed by atoms with Gasteiger partial charge in [-0.15, -0.1) is 0 Å². The monoisotopic (exact) mass is 231 g/mol. The summed E-state index contributed by atoms with van der Waals surface area (Å²) in [5.41, 5.74) is 3.17. The number of aromatic nitrogens is 1. The predicted molar refractivity (Wildman–Crippen MR) is 68.4 cm³/mol. The van der Waals surface area contributed by atoms with Crippen molar-refractivity contribution >= 4 is 16.9 Å². The highest BCUT2D eigenvalue weighted by Gasteiger charge is 2.18. The van der Waals surface area contributed by atoms with Gasteiger partial charge in [0.2, 0.25) is 0 Å². The smallest absolute Gasteiger partial charge is 0.310 e. The van der Waals surface area contributed by atoms with Crippen molar-refractivity contribution in [1.82, 2.24) is 4.57 Å². The summed E-state index contributed by atoms with van der Waals surface area (Å²) in [7, 11) is 0. The highest BCUT2D eigenvalue weighted by Crippen LogP contribution is 2.29. The first-order valence-electron chi connectivity index (χ1n) is 5.87. The van der Waals surface area contributed by atoms with Gasteiger partial charge in [-0.25, -0.2) is 0 Å². The van der Waals surface area contributed by atoms with Gasteiger partial charge in [0.05, 0.1) is 5.92 Å². The van der Waals surface area contributed by atoms with Crippen LogP contribution in [0.1, 0.15) is 30.9 Å². The van der Waals surface area contributed by atoms with Crippen LogP contribution in [0.25, 0.3) is 10.9 Å². The molecule has 0 bridgehead atoms. The zero-order chi connectivity index (χ0) is 12.6. The van der Waals surface area contributed by atoms with Gasteiger partial charge in [-0.1, -0.05) is 12.1 Å². The van der Waals surface area contributed by atoms with Crippen LogP contribution in [0.2, 0.25) is 0 Å². The molecule has 0 fully saturated rings. The number of fused-ring (bicyclic) bond motifs is 1. The molecule has 0 radical (unpaired) electrons. The van der Waals surface area contributed by atoms with Gasteiger partial charge in [-0.3, -0.25) is 4.79 Å². The zero-order valence-electron chi connectivity index (χ0n) is 10.4. The lowest BCUT2D eigenvalue weighted by atomic mass is 9.96. The van der Waals surface area contributed by atoms with E-state index in [0.29, 0.717) is 0 Å². The molecule has 2 aromatic rings. The molecular formula is C14H17NO2. The molecule has 1 unspecified atom stereocenters. The van der Waals surface area contributed by atoms with Gasteiger partial charge in [-0.2, -0.15) is 0 Å². The average molecular weight is 231 g/mol. The molecule has 2 rings (SSSR count). The predicted octanol–water partition coefficient (Wildman–Crippen LogP) is 3.16. The molecule has 0 aliphatic heterocycles. The number of carboxylic acids is 1. The van der Waals surface area contributed by atoms with Crippen molar-refractivity contribution in [2.75, 3.05) is 0 Å². The van der Waals surface area contributed by atoms with E-state index in [1.54, 1.807) is 6.92 Å². The topological polar surface area (TPSA) is 42.2 Å². The number of hydrogen-bond donors (Lipinski definition) is 1. The molecule has 90 valence electrons. The van der Waals surface area contributed by atoms with Crippen molar-refractivity contribution in [2.45, 2.75) is 33.2 Å². The van der Waals surface area contributed by atoms with Gasteiger partial charge in [0.15, 0.2) is 0 Å². The van der Waals surface area contributed by atoms with Gasteiger partial charge in [-0.05, 0) is 38.0 Å². The van der Waals surface area contributed by atoms with Crippen LogP contribution in [0.3, 0.4) is 0 Å². The number of rotatable bonds is 3. The molecule has 0 aliphatic carbocycles. The standard InChI is InChI=1S/C14H17NO2/c1-4-15-8-9(2)13-11(10(3)14(16)17)6-5-7-12(13)15/h5-8,10H,4H2,1-3H3,(H,16,17). The molecule has 3 nitrogen and oxygen atoms in total. The highest BCUT2D eigenvalue weighted by atomic mass is 16.4. The second-order valence-electron chi connectivity index (χ2n) is 4.40. The summed E-state index contributed by atoms with van der Waals surface area (Å²) in [6.45, 7) is 6.76. The lowest BCUT2D eigenvalue weighted by Crippen LogP contribution is -2.07. The summed E-state index contributed by atoms with van der Waals surface area (Å²) >= 11 is 0. The number of carbonyl (C=O) groups is 1. The number of aliphatic carboxylic acids is 1. The lowest BCUT2D eigenvalue weighted by molar-refractivity contribution is -0.138. The second kappa shape index (κ2) is 4.24. The number of benzene rings is 1. The molecule has 0 saturated carbocycles. The molecule has 1 aromatic heterocycles. The normalized spacial score (nSPS) is 12.9. The Hall–Kier alpha value is -1.77. The van der Waals surface area contributed by atoms with Crippen LogP contribution in [0.4, 0.5) is 0 Å². The van der Waals surface area contributed by atoms with Crippen LogP contribution < -0.4 is 0 Å². The third kappa shape index (κ3) is 1.82. The molecule has 0 aliphatic rings. The van der Waals surface area contributed by atoms with E-state index in [1.807, 2.05) is 25.1 Å². The average Bonchev–Trinajstić information content (AvgIpc) is 2.65. The van der Waals surface area contributed by atoms with E-state index in [2.05, 4.69) is 17.7 Å². The fourth-order valence-electron chi connectivity index (χ4n) is 2.35. The Morgan fingerprint density at radius 2 is 2.18 bits per heavy atom. The summed E-state index contributed by atoms with van der Waals surface area (Å²) < 4.78 is 2.16. The van der Waals surface area contributed by atoms with Gasteiger partial charge >= 0.3 is 5.97 Å². The summed E-state index contributed by atoms with van der Waals surface area (Å²) in [6.07, 6.45) is 2.09. The van der Waals surface area contributed by atoms with Crippen LogP contribution in [0.5, 0.6) is 0 Å². The summed E-state index contributed by atoms with van der Waals surface area (Å²) in [4.78, 5) is 11.1. The van der Waals surface area contributed by atoms with Crippen LogP contribution in [-0.4, -0.2) is 15.6 Å². The molecule has 0 spiro atoms. The maximum absolute atomic E-state index is 11.1. The minimum atomic E-state index is -0.777. The number of hydrogen-bond acceptors (Lipinski definition) is 1. The highest BCUT2D eigenvalue weighted by molar-refractivity contribution is 5.91. The van der Waals surface area contributed by atoms with Crippen molar-refractivity contribution in [2.24, 2.45) is 0 Å². The van der Waals surface area contributed by atoms with Crippen LogP contribution >= 0.6 is 0 Å². The van der Waals surface area contributed by atoms with Crippen LogP contribution in [-0.2, 0) is 11.3 Å². The SMILES string of the molecule is CCn1cc(C)c2c(C(C)C(=O)O)cccc21. The second-order valence-corrected chi connectivity index (χ2v) is 4.40. The Balaban J connectivity index is 2.73. The zero-order valence-corrected chi connectivity index (χ0v) is 10.4. The maximum Gasteiger partial charge on any atom is 0.310 e. The van der Waals surface area contributed by atoms with E-state index in [9.17, 15) is 4.79 Å². The summed E-state index contributed by atoms with van der Waals surface area (Å²) in [5.74, 6) is -1.24. The Morgan fingerprint density at radius 1 is 1.47 bits per heavy atom. The van der Waals surface area contributed by atoms with Gasteiger partial charge < -0.3 is 9.67 Å². The van der Waals surface area contributed by atoms with Crippen LogP contribution in [0, 0.1) is 6.92 Å². The number of carboxylic acid groups (broad SMARTS) is 1. The molecule has 17 heavy (non-hydrogen) atoms. The molecule has 3 heteroatoms. The first kappa shape index (κ1) is 11.7. The Bertz CT molecular complexity index is 569. The Labute approximate surface area is 101 Å². The van der Waals surface area contributed by atoms with E-state index in [0.717, 1.165) is 28.6 Å². The molecular weight excluding hydrogens is 214 g/mol. The Morgan fingerprint density at radius 3 is 2.76 bits per heavy atom. The minimum absolute atomic E-state index is 0.467. The van der Waals surface area contributed by atoms with E-state index in [1.165, 1.54) is 0 Å². The maximum atomic E-state index is 11.1. The third-order valence-electron chi connectivity index (χ3n) is 3.31. The fraction of sp³-hybridized carbons (Fsp3) is 0.357. The molecule has 1 aromatic carbocycles. The van der Waals surface area contributed by atoms with Gasteiger partial charge in [0.1, 0.15) is 0 Å². The third-order valence-corrected chi connectivity index (χ3v) is 3.31. The first-order valence-corrected chi connectivity index (χ1v) is 5.87. The summed E-state index contributed by atoms with van der Waals surface area (Å²) in [6, 6.07) is 5.89. The number of aryl methyl sites for hydroxylation is 2. The minimum Gasteiger partial charge on any atom is -0.481 e. The largest absolute Gasteiger partial charge is 0.481 e.